The third kappa shape index (κ3) is 2.93. The summed E-state index contributed by atoms with van der Waals surface area (Å²) >= 11 is 0. The van der Waals surface area contributed by atoms with Crippen molar-refractivity contribution in [2.45, 2.75) is 38.5 Å². The van der Waals surface area contributed by atoms with Gasteiger partial charge in [-0.1, -0.05) is 6.08 Å². The minimum Gasteiger partial charge on any atom is -0.481 e. The van der Waals surface area contributed by atoms with E-state index in [1.807, 2.05) is 6.08 Å². The number of halogens is 3. The molecule has 3 nitrogen and oxygen atoms in total. The molecule has 0 amide bonds. The van der Waals surface area contributed by atoms with Crippen LogP contribution in [-0.4, -0.2) is 24.9 Å². The summed E-state index contributed by atoms with van der Waals surface area (Å²) in [6.07, 6.45) is -0.242. The number of carbonyl (C=O) groups excluding carboxylic acids is 1. The van der Waals surface area contributed by atoms with E-state index in [1.165, 1.54) is 0 Å². The molecule has 0 radical (unpaired) electrons. The molecule has 0 fully saturated rings. The van der Waals surface area contributed by atoms with E-state index in [-0.39, 0.29) is 24.5 Å². The molecule has 2 unspecified atom stereocenters. The van der Waals surface area contributed by atoms with Gasteiger partial charge in [-0.2, -0.15) is 13.2 Å². The van der Waals surface area contributed by atoms with E-state index in [4.69, 9.17) is 9.47 Å². The zero-order valence-electron chi connectivity index (χ0n) is 10.5. The van der Waals surface area contributed by atoms with Crippen LogP contribution >= 0.6 is 0 Å². The fourth-order valence-corrected chi connectivity index (χ4v) is 2.41. The van der Waals surface area contributed by atoms with Crippen LogP contribution in [0.2, 0.25) is 0 Å². The first-order valence-electron chi connectivity index (χ1n) is 6.24. The van der Waals surface area contributed by atoms with Gasteiger partial charge < -0.3 is 9.47 Å². The maximum absolute atomic E-state index is 12.9. The molecule has 0 N–H and O–H groups in total. The summed E-state index contributed by atoms with van der Waals surface area (Å²) in [6, 6.07) is 0. The van der Waals surface area contributed by atoms with Crippen LogP contribution in [0.25, 0.3) is 0 Å². The zero-order chi connectivity index (χ0) is 14.0. The maximum Gasteiger partial charge on any atom is 0.449 e. The Morgan fingerprint density at radius 2 is 2.26 bits per heavy atom. The van der Waals surface area contributed by atoms with Crippen LogP contribution in [0.4, 0.5) is 13.2 Å². The number of allylic oxidation sites excluding steroid dienone is 2. The highest BCUT2D eigenvalue weighted by atomic mass is 19.4. The smallest absolute Gasteiger partial charge is 0.449 e. The van der Waals surface area contributed by atoms with Crippen molar-refractivity contribution in [1.29, 1.82) is 0 Å². The van der Waals surface area contributed by atoms with Gasteiger partial charge in [0.15, 0.2) is 0 Å². The molecule has 2 rings (SSSR count). The van der Waals surface area contributed by atoms with Gasteiger partial charge in [0.05, 0.1) is 12.2 Å². The predicted octanol–water partition coefficient (Wildman–Crippen LogP) is 3.12. The van der Waals surface area contributed by atoms with E-state index in [9.17, 15) is 18.0 Å². The number of ether oxygens (including phenoxy) is 2. The van der Waals surface area contributed by atoms with Crippen molar-refractivity contribution in [3.63, 3.8) is 0 Å². The first-order chi connectivity index (χ1) is 8.93. The minimum atomic E-state index is -4.67. The second kappa shape index (κ2) is 5.27. The van der Waals surface area contributed by atoms with Crippen molar-refractivity contribution < 1.29 is 27.4 Å². The van der Waals surface area contributed by atoms with E-state index in [2.05, 4.69) is 0 Å². The Kier molecular flexibility index (Phi) is 3.87. The molecule has 0 spiro atoms. The predicted molar refractivity (Wildman–Crippen MR) is 61.1 cm³/mol. The third-order valence-corrected chi connectivity index (χ3v) is 3.27. The lowest BCUT2D eigenvalue weighted by molar-refractivity contribution is -0.155. The quantitative estimate of drug-likeness (QED) is 0.574. The van der Waals surface area contributed by atoms with E-state index >= 15 is 0 Å². The molecule has 106 valence electrons. The second-order valence-corrected chi connectivity index (χ2v) is 4.58. The van der Waals surface area contributed by atoms with Gasteiger partial charge in [0.1, 0.15) is 6.10 Å². The summed E-state index contributed by atoms with van der Waals surface area (Å²) < 4.78 is 48.5. The normalized spacial score (nSPS) is 26.7. The zero-order valence-corrected chi connectivity index (χ0v) is 10.5. The third-order valence-electron chi connectivity index (χ3n) is 3.27. The molecule has 0 saturated heterocycles. The Balaban J connectivity index is 2.33. The number of hydrogen-bond acceptors (Lipinski definition) is 3. The lowest BCUT2D eigenvalue weighted by Gasteiger charge is -2.35. The van der Waals surface area contributed by atoms with Gasteiger partial charge in [0.2, 0.25) is 5.76 Å². The number of alkyl halides is 3. The van der Waals surface area contributed by atoms with Crippen molar-refractivity contribution in [2.24, 2.45) is 5.92 Å². The van der Waals surface area contributed by atoms with E-state index in [1.54, 1.807) is 13.0 Å². The molecule has 1 aliphatic heterocycles. The molecular formula is C13H15F3O3. The van der Waals surface area contributed by atoms with Crippen LogP contribution in [0.1, 0.15) is 26.2 Å². The molecule has 1 heterocycles. The molecule has 0 aromatic carbocycles. The molecule has 0 aromatic rings. The van der Waals surface area contributed by atoms with Gasteiger partial charge >= 0.3 is 12.1 Å². The van der Waals surface area contributed by atoms with Crippen LogP contribution in [0.3, 0.4) is 0 Å². The van der Waals surface area contributed by atoms with Crippen molar-refractivity contribution in [1.82, 2.24) is 0 Å². The Labute approximate surface area is 109 Å². The van der Waals surface area contributed by atoms with Gasteiger partial charge in [-0.15, -0.1) is 0 Å². The van der Waals surface area contributed by atoms with Crippen LogP contribution in [-0.2, 0) is 14.3 Å². The van der Waals surface area contributed by atoms with Gasteiger partial charge in [0.25, 0.3) is 0 Å². The molecule has 0 saturated carbocycles. The molecule has 2 aliphatic rings. The summed E-state index contributed by atoms with van der Waals surface area (Å²) in [4.78, 5) is 11.7. The van der Waals surface area contributed by atoms with E-state index in [0.29, 0.717) is 0 Å². The maximum atomic E-state index is 12.9. The highest BCUT2D eigenvalue weighted by molar-refractivity contribution is 5.89. The van der Waals surface area contributed by atoms with Crippen molar-refractivity contribution in [3.05, 3.63) is 23.5 Å². The lowest BCUT2D eigenvalue weighted by atomic mass is 9.83. The number of esters is 1. The van der Waals surface area contributed by atoms with Crippen molar-refractivity contribution >= 4 is 5.97 Å². The largest absolute Gasteiger partial charge is 0.481 e. The number of carbonyl (C=O) groups is 1. The summed E-state index contributed by atoms with van der Waals surface area (Å²) in [7, 11) is 0. The average Bonchev–Trinajstić information content (AvgIpc) is 2.36. The Bertz CT molecular complexity index is 423. The molecule has 6 heteroatoms. The van der Waals surface area contributed by atoms with Crippen LogP contribution in [0, 0.1) is 5.92 Å². The first kappa shape index (κ1) is 14.0. The summed E-state index contributed by atoms with van der Waals surface area (Å²) in [5, 5.41) is 0. The van der Waals surface area contributed by atoms with Gasteiger partial charge in [-0.3, -0.25) is 0 Å². The Morgan fingerprint density at radius 3 is 2.89 bits per heavy atom. The summed E-state index contributed by atoms with van der Waals surface area (Å²) in [5.74, 6) is -2.21. The van der Waals surface area contributed by atoms with Gasteiger partial charge in [-0.05, 0) is 32.3 Å². The molecule has 2 atom stereocenters. The molecular weight excluding hydrogens is 261 g/mol. The molecule has 19 heavy (non-hydrogen) atoms. The molecule has 1 aliphatic carbocycles. The topological polar surface area (TPSA) is 35.5 Å². The number of fused-ring (bicyclic) bond motifs is 1. The van der Waals surface area contributed by atoms with Crippen molar-refractivity contribution in [2.75, 3.05) is 6.61 Å². The summed E-state index contributed by atoms with van der Waals surface area (Å²) in [5.41, 5.74) is -0.383. The SMILES string of the molecule is CCOC(=O)C1=C(C(F)(F)F)OC2C=CCCC2C1. The highest BCUT2D eigenvalue weighted by Gasteiger charge is 2.46. The number of hydrogen-bond donors (Lipinski definition) is 0. The van der Waals surface area contributed by atoms with E-state index in [0.717, 1.165) is 12.8 Å². The van der Waals surface area contributed by atoms with Crippen LogP contribution in [0.5, 0.6) is 0 Å². The average molecular weight is 276 g/mol. The fraction of sp³-hybridized carbons (Fsp3) is 0.615. The highest BCUT2D eigenvalue weighted by Crippen LogP contribution is 2.41. The van der Waals surface area contributed by atoms with Crippen LogP contribution < -0.4 is 0 Å². The van der Waals surface area contributed by atoms with Gasteiger partial charge in [0, 0.05) is 5.92 Å². The monoisotopic (exact) mass is 276 g/mol. The van der Waals surface area contributed by atoms with E-state index < -0.39 is 24.0 Å². The van der Waals surface area contributed by atoms with Crippen molar-refractivity contribution in [3.8, 4) is 0 Å². The molecule has 0 aromatic heterocycles. The number of rotatable bonds is 2. The Hall–Kier alpha value is -1.46. The first-order valence-corrected chi connectivity index (χ1v) is 6.24. The second-order valence-electron chi connectivity index (χ2n) is 4.58. The Morgan fingerprint density at radius 1 is 1.53 bits per heavy atom. The molecule has 0 bridgehead atoms. The standard InChI is InChI=1S/C13H15F3O3/c1-2-18-12(17)9-7-8-5-3-4-6-10(8)19-11(9)13(14,15)16/h4,6,8,10H,2-3,5,7H2,1H3. The summed E-state index contributed by atoms with van der Waals surface area (Å²) in [6.45, 7) is 1.60. The van der Waals surface area contributed by atoms with Crippen LogP contribution in [0.15, 0.2) is 23.5 Å². The lowest BCUT2D eigenvalue weighted by Crippen LogP contribution is -2.36. The fourth-order valence-electron chi connectivity index (χ4n) is 2.41. The minimum absolute atomic E-state index is 0.0431. The van der Waals surface area contributed by atoms with Gasteiger partial charge in [-0.25, -0.2) is 4.79 Å².